The first-order valence-corrected chi connectivity index (χ1v) is 11.9. The van der Waals surface area contributed by atoms with E-state index in [1.165, 1.54) is 25.0 Å². The second-order valence-corrected chi connectivity index (χ2v) is 9.61. The van der Waals surface area contributed by atoms with Crippen molar-refractivity contribution in [2.45, 2.75) is 49.6 Å². The largest absolute Gasteiger partial charge is 0.487 e. The quantitative estimate of drug-likeness (QED) is 0.400. The van der Waals surface area contributed by atoms with Crippen molar-refractivity contribution in [2.75, 3.05) is 6.61 Å². The Labute approximate surface area is 186 Å². The van der Waals surface area contributed by atoms with E-state index in [2.05, 4.69) is 4.98 Å². The zero-order valence-corrected chi connectivity index (χ0v) is 18.6. The van der Waals surface area contributed by atoms with Crippen LogP contribution < -0.4 is 10.5 Å². The van der Waals surface area contributed by atoms with Crippen LogP contribution >= 0.6 is 0 Å². The van der Waals surface area contributed by atoms with E-state index in [1.807, 2.05) is 23.6 Å². The van der Waals surface area contributed by atoms with Gasteiger partial charge < -0.3 is 14.9 Å². The highest BCUT2D eigenvalue weighted by atomic mass is 32.2. The van der Waals surface area contributed by atoms with E-state index in [9.17, 15) is 12.8 Å². The average molecular weight is 460 g/mol. The molecule has 2 heterocycles. The number of aryl methyl sites for hydroxylation is 1. The molecule has 3 aromatic rings. The van der Waals surface area contributed by atoms with E-state index >= 15 is 0 Å². The highest BCUT2D eigenvalue weighted by Gasteiger charge is 2.23. The molecule has 32 heavy (non-hydrogen) atoms. The summed E-state index contributed by atoms with van der Waals surface area (Å²) >= 11 is 0. The molecule has 1 aliphatic rings. The second-order valence-electron chi connectivity index (χ2n) is 8.03. The third kappa shape index (κ3) is 5.01. The Balaban J connectivity index is 1.41. The van der Waals surface area contributed by atoms with Gasteiger partial charge in [0.1, 0.15) is 18.0 Å². The summed E-state index contributed by atoms with van der Waals surface area (Å²) in [6.07, 6.45) is 7.21. The van der Waals surface area contributed by atoms with E-state index in [0.717, 1.165) is 29.7 Å². The SMILES string of the molecule is Cc1ccc(S(=O)(=O)OC(N)/C(=C\F)COc2ccc3nc(C4CCCC4)cn3c2)cc1. The predicted molar refractivity (Wildman–Crippen MR) is 119 cm³/mol. The molecule has 2 N–H and O–H groups in total. The molecule has 0 amide bonds. The van der Waals surface area contributed by atoms with Gasteiger partial charge in [-0.05, 0) is 44.0 Å². The molecule has 0 bridgehead atoms. The molecule has 0 radical (unpaired) electrons. The summed E-state index contributed by atoms with van der Waals surface area (Å²) in [5, 5.41) is 0. The molecular formula is C23H26FN3O4S. The number of benzene rings is 1. The minimum Gasteiger partial charge on any atom is -0.487 e. The Morgan fingerprint density at radius 2 is 1.94 bits per heavy atom. The van der Waals surface area contributed by atoms with E-state index < -0.39 is 16.3 Å². The lowest BCUT2D eigenvalue weighted by Gasteiger charge is -2.16. The van der Waals surface area contributed by atoms with Crippen LogP contribution in [0.1, 0.15) is 42.9 Å². The van der Waals surface area contributed by atoms with Crippen molar-refractivity contribution < 1.29 is 21.7 Å². The minimum atomic E-state index is -4.15. The molecule has 1 fully saturated rings. The predicted octanol–water partition coefficient (Wildman–Crippen LogP) is 4.22. The topological polar surface area (TPSA) is 95.9 Å². The number of hydrogen-bond acceptors (Lipinski definition) is 6. The first kappa shape index (κ1) is 22.4. The Morgan fingerprint density at radius 3 is 2.62 bits per heavy atom. The van der Waals surface area contributed by atoms with Crippen LogP contribution in [0.15, 0.2) is 65.6 Å². The van der Waals surface area contributed by atoms with Crippen LogP contribution in [0.2, 0.25) is 0 Å². The number of halogens is 1. The number of nitrogens with two attached hydrogens (primary N) is 1. The van der Waals surface area contributed by atoms with Crippen LogP contribution in [-0.4, -0.2) is 30.6 Å². The molecule has 1 saturated carbocycles. The highest BCUT2D eigenvalue weighted by molar-refractivity contribution is 7.86. The number of aromatic nitrogens is 2. The van der Waals surface area contributed by atoms with E-state index in [4.69, 9.17) is 14.7 Å². The number of imidazole rings is 1. The zero-order chi connectivity index (χ0) is 22.7. The van der Waals surface area contributed by atoms with E-state index in [-0.39, 0.29) is 23.4 Å². The fraction of sp³-hybridized carbons (Fsp3) is 0.348. The van der Waals surface area contributed by atoms with Crippen molar-refractivity contribution in [3.8, 4) is 5.75 Å². The molecule has 0 saturated heterocycles. The van der Waals surface area contributed by atoms with Gasteiger partial charge in [-0.25, -0.2) is 13.6 Å². The third-order valence-corrected chi connectivity index (χ3v) is 6.98. The Kier molecular flexibility index (Phi) is 6.59. The van der Waals surface area contributed by atoms with Crippen molar-refractivity contribution in [2.24, 2.45) is 5.73 Å². The molecule has 9 heteroatoms. The van der Waals surface area contributed by atoms with Crippen LogP contribution in [0.5, 0.6) is 5.75 Å². The van der Waals surface area contributed by atoms with E-state index in [1.54, 1.807) is 24.4 Å². The van der Waals surface area contributed by atoms with Gasteiger partial charge in [0.15, 0.2) is 6.23 Å². The molecule has 7 nitrogen and oxygen atoms in total. The Morgan fingerprint density at radius 1 is 1.22 bits per heavy atom. The first-order chi connectivity index (χ1) is 15.4. The second kappa shape index (κ2) is 9.40. The van der Waals surface area contributed by atoms with Gasteiger partial charge in [0.05, 0.1) is 23.1 Å². The van der Waals surface area contributed by atoms with Crippen LogP contribution in [0.3, 0.4) is 0 Å². The van der Waals surface area contributed by atoms with Crippen LogP contribution in [0, 0.1) is 6.92 Å². The molecule has 1 unspecified atom stereocenters. The maximum Gasteiger partial charge on any atom is 0.298 e. The maximum absolute atomic E-state index is 13.5. The number of rotatable bonds is 8. The summed E-state index contributed by atoms with van der Waals surface area (Å²) in [4.78, 5) is 4.62. The van der Waals surface area contributed by atoms with Gasteiger partial charge >= 0.3 is 0 Å². The number of ether oxygens (including phenoxy) is 1. The standard InChI is InChI=1S/C23H26FN3O4S/c1-16-6-9-20(10-7-16)32(28,29)31-23(25)18(12-24)15-30-19-8-11-22-26-21(14-27(22)13-19)17-4-2-3-5-17/h6-14,17,23H,2-5,15,25H2,1H3/b18-12-. The van der Waals surface area contributed by atoms with Gasteiger partial charge in [-0.2, -0.15) is 8.42 Å². The molecular weight excluding hydrogens is 433 g/mol. The van der Waals surface area contributed by atoms with Crippen molar-refractivity contribution in [3.63, 3.8) is 0 Å². The Bertz CT molecular complexity index is 1220. The molecule has 0 spiro atoms. The Hall–Kier alpha value is -2.75. The summed E-state index contributed by atoms with van der Waals surface area (Å²) in [7, 11) is -4.15. The number of pyridine rings is 1. The lowest BCUT2D eigenvalue weighted by atomic mass is 10.1. The van der Waals surface area contributed by atoms with Gasteiger partial charge in [-0.1, -0.05) is 30.5 Å². The van der Waals surface area contributed by atoms with Gasteiger partial charge in [0.25, 0.3) is 10.1 Å². The van der Waals surface area contributed by atoms with Crippen molar-refractivity contribution in [3.05, 3.63) is 72.0 Å². The number of fused-ring (bicyclic) bond motifs is 1. The van der Waals surface area contributed by atoms with Crippen molar-refractivity contribution >= 4 is 15.8 Å². The van der Waals surface area contributed by atoms with Crippen LogP contribution in [-0.2, 0) is 14.3 Å². The summed E-state index contributed by atoms with van der Waals surface area (Å²) in [5.41, 5.74) is 8.44. The molecule has 1 atom stereocenters. The third-order valence-electron chi connectivity index (χ3n) is 5.67. The lowest BCUT2D eigenvalue weighted by Crippen LogP contribution is -2.31. The molecule has 170 valence electrons. The summed E-state index contributed by atoms with van der Waals surface area (Å²) in [6.45, 7) is 1.57. The normalized spacial score (nSPS) is 16.5. The minimum absolute atomic E-state index is 0.0543. The van der Waals surface area contributed by atoms with Gasteiger partial charge in [0.2, 0.25) is 0 Å². The first-order valence-electron chi connectivity index (χ1n) is 10.5. The average Bonchev–Trinajstić information content (AvgIpc) is 3.43. The van der Waals surface area contributed by atoms with Crippen LogP contribution in [0.4, 0.5) is 4.39 Å². The highest BCUT2D eigenvalue weighted by Crippen LogP contribution is 2.33. The molecule has 4 rings (SSSR count). The molecule has 0 aliphatic heterocycles. The van der Waals surface area contributed by atoms with E-state index in [0.29, 0.717) is 11.7 Å². The molecule has 1 aliphatic carbocycles. The van der Waals surface area contributed by atoms with Crippen molar-refractivity contribution in [1.29, 1.82) is 0 Å². The number of hydrogen-bond donors (Lipinski definition) is 1. The lowest BCUT2D eigenvalue weighted by molar-refractivity contribution is 0.224. The smallest absolute Gasteiger partial charge is 0.298 e. The van der Waals surface area contributed by atoms with Gasteiger partial charge in [-0.3, -0.25) is 0 Å². The summed E-state index contributed by atoms with van der Waals surface area (Å²) in [6, 6.07) is 9.65. The fourth-order valence-corrected chi connectivity index (χ4v) is 4.77. The monoisotopic (exact) mass is 459 g/mol. The van der Waals surface area contributed by atoms with Crippen molar-refractivity contribution in [1.82, 2.24) is 9.38 Å². The number of nitrogens with zero attached hydrogens (tertiary/aromatic N) is 2. The van der Waals surface area contributed by atoms with Gasteiger partial charge in [-0.15, -0.1) is 0 Å². The zero-order valence-electron chi connectivity index (χ0n) is 17.8. The maximum atomic E-state index is 13.5. The summed E-state index contributed by atoms with van der Waals surface area (Å²) < 4.78 is 50.8. The molecule has 1 aromatic carbocycles. The fourth-order valence-electron chi connectivity index (χ4n) is 3.80. The van der Waals surface area contributed by atoms with Gasteiger partial charge in [0, 0.05) is 17.7 Å². The van der Waals surface area contributed by atoms with Crippen LogP contribution in [0.25, 0.3) is 5.65 Å². The summed E-state index contributed by atoms with van der Waals surface area (Å²) in [5.74, 6) is 0.965. The molecule has 2 aromatic heterocycles.